The fraction of sp³-hybridized carbons (Fsp3) is 0.429. The number of carbonyl (C=O) groups excluding carboxylic acids is 1. The zero-order chi connectivity index (χ0) is 13.7. The van der Waals surface area contributed by atoms with Crippen molar-refractivity contribution in [3.63, 3.8) is 0 Å². The molecule has 102 valence electrons. The van der Waals surface area contributed by atoms with Gasteiger partial charge in [0.25, 0.3) is 0 Å². The molecule has 1 N–H and O–H groups in total. The highest BCUT2D eigenvalue weighted by Gasteiger charge is 2.20. The lowest BCUT2D eigenvalue weighted by Crippen LogP contribution is -2.28. The first-order valence-electron chi connectivity index (χ1n) is 6.45. The number of hydrogen-bond donors (Lipinski definition) is 1. The fourth-order valence-electron chi connectivity index (χ4n) is 2.22. The molecule has 0 aliphatic heterocycles. The molecule has 2 rings (SSSR count). The third kappa shape index (κ3) is 4.22. The van der Waals surface area contributed by atoms with Crippen LogP contribution in [0.2, 0.25) is 10.0 Å². The molecular formula is C14H16Cl2N2O. The second-order valence-corrected chi connectivity index (χ2v) is 5.56. The molecule has 1 aliphatic rings. The second kappa shape index (κ2) is 6.92. The van der Waals surface area contributed by atoms with Crippen molar-refractivity contribution in [3.05, 3.63) is 33.8 Å². The number of rotatable bonds is 3. The van der Waals surface area contributed by atoms with Crippen LogP contribution in [0.25, 0.3) is 0 Å². The summed E-state index contributed by atoms with van der Waals surface area (Å²) in [5.41, 5.74) is 3.39. The molecular weight excluding hydrogens is 283 g/mol. The summed E-state index contributed by atoms with van der Waals surface area (Å²) in [5, 5.41) is 4.94. The maximum absolute atomic E-state index is 11.8. The van der Waals surface area contributed by atoms with Crippen molar-refractivity contribution < 1.29 is 4.79 Å². The van der Waals surface area contributed by atoms with Gasteiger partial charge in [-0.05, 0) is 30.5 Å². The Labute approximate surface area is 123 Å². The van der Waals surface area contributed by atoms with Crippen LogP contribution in [0.1, 0.15) is 37.7 Å². The van der Waals surface area contributed by atoms with Gasteiger partial charge in [-0.1, -0.05) is 48.5 Å². The van der Waals surface area contributed by atoms with Gasteiger partial charge in [-0.2, -0.15) is 5.10 Å². The van der Waals surface area contributed by atoms with Crippen LogP contribution in [0.3, 0.4) is 0 Å². The number of amides is 1. The summed E-state index contributed by atoms with van der Waals surface area (Å²) in [6.07, 6.45) is 7.00. The van der Waals surface area contributed by atoms with Crippen LogP contribution in [-0.2, 0) is 4.79 Å². The van der Waals surface area contributed by atoms with E-state index in [0.717, 1.165) is 31.2 Å². The number of hydrogen-bond acceptors (Lipinski definition) is 2. The van der Waals surface area contributed by atoms with Gasteiger partial charge in [0.1, 0.15) is 0 Å². The minimum Gasteiger partial charge on any atom is -0.273 e. The highest BCUT2D eigenvalue weighted by atomic mass is 35.5. The fourth-order valence-corrected chi connectivity index (χ4v) is 2.53. The van der Waals surface area contributed by atoms with Gasteiger partial charge in [-0.25, -0.2) is 5.43 Å². The smallest absolute Gasteiger partial charge is 0.243 e. The predicted octanol–water partition coefficient (Wildman–Crippen LogP) is 4.02. The maximum atomic E-state index is 11.8. The van der Waals surface area contributed by atoms with E-state index in [-0.39, 0.29) is 11.8 Å². The summed E-state index contributed by atoms with van der Waals surface area (Å²) in [4.78, 5) is 11.8. The summed E-state index contributed by atoms with van der Waals surface area (Å²) in [7, 11) is 0. The Morgan fingerprint density at radius 3 is 2.63 bits per heavy atom. The molecule has 0 atom stereocenters. The van der Waals surface area contributed by atoms with E-state index < -0.39 is 0 Å². The van der Waals surface area contributed by atoms with Gasteiger partial charge in [0.15, 0.2) is 0 Å². The Hall–Kier alpha value is -1.06. The largest absolute Gasteiger partial charge is 0.273 e. The van der Waals surface area contributed by atoms with Crippen LogP contribution in [0, 0.1) is 5.92 Å². The summed E-state index contributed by atoms with van der Waals surface area (Å²) in [6, 6.07) is 5.21. The van der Waals surface area contributed by atoms with Crippen molar-refractivity contribution in [2.24, 2.45) is 11.0 Å². The van der Waals surface area contributed by atoms with E-state index in [2.05, 4.69) is 10.5 Å². The molecule has 0 bridgehead atoms. The van der Waals surface area contributed by atoms with Crippen LogP contribution in [-0.4, -0.2) is 12.1 Å². The van der Waals surface area contributed by atoms with Crippen molar-refractivity contribution in [3.8, 4) is 0 Å². The first-order chi connectivity index (χ1) is 9.16. The van der Waals surface area contributed by atoms with Gasteiger partial charge in [-0.3, -0.25) is 4.79 Å². The van der Waals surface area contributed by atoms with Crippen molar-refractivity contribution >= 4 is 35.3 Å². The summed E-state index contributed by atoms with van der Waals surface area (Å²) in [5.74, 6) is 0.121. The van der Waals surface area contributed by atoms with Crippen LogP contribution >= 0.6 is 23.2 Å². The molecule has 0 aromatic heterocycles. The molecule has 1 fully saturated rings. The molecule has 0 saturated heterocycles. The summed E-state index contributed by atoms with van der Waals surface area (Å²) in [6.45, 7) is 0. The van der Waals surface area contributed by atoms with Gasteiger partial charge in [0.05, 0.1) is 16.3 Å². The summed E-state index contributed by atoms with van der Waals surface area (Å²) >= 11 is 11.7. The van der Waals surface area contributed by atoms with Gasteiger partial charge in [0.2, 0.25) is 5.91 Å². The van der Waals surface area contributed by atoms with E-state index in [0.29, 0.717) is 10.0 Å². The number of benzene rings is 1. The molecule has 1 aromatic carbocycles. The molecule has 1 aromatic rings. The van der Waals surface area contributed by atoms with Crippen molar-refractivity contribution in [2.45, 2.75) is 32.1 Å². The van der Waals surface area contributed by atoms with Crippen LogP contribution in [0.4, 0.5) is 0 Å². The number of nitrogens with one attached hydrogen (secondary N) is 1. The van der Waals surface area contributed by atoms with E-state index in [9.17, 15) is 4.79 Å². The SMILES string of the molecule is O=C(NN=Cc1ccc(Cl)c(Cl)c1)C1CCCCC1. The second-order valence-electron chi connectivity index (χ2n) is 4.74. The Kier molecular flexibility index (Phi) is 5.23. The van der Waals surface area contributed by atoms with Gasteiger partial charge in [0, 0.05) is 5.92 Å². The number of hydrazone groups is 1. The Balaban J connectivity index is 1.88. The molecule has 1 amide bonds. The Morgan fingerprint density at radius 1 is 1.21 bits per heavy atom. The first kappa shape index (κ1) is 14.4. The van der Waals surface area contributed by atoms with Crippen LogP contribution in [0.15, 0.2) is 23.3 Å². The topological polar surface area (TPSA) is 41.5 Å². The van der Waals surface area contributed by atoms with E-state index in [4.69, 9.17) is 23.2 Å². The minimum absolute atomic E-state index is 0.0102. The lowest BCUT2D eigenvalue weighted by molar-refractivity contribution is -0.125. The van der Waals surface area contributed by atoms with Crippen LogP contribution in [0.5, 0.6) is 0 Å². The van der Waals surface area contributed by atoms with E-state index in [1.165, 1.54) is 6.42 Å². The van der Waals surface area contributed by atoms with E-state index in [1.54, 1.807) is 24.4 Å². The monoisotopic (exact) mass is 298 g/mol. The Morgan fingerprint density at radius 2 is 1.95 bits per heavy atom. The van der Waals surface area contributed by atoms with E-state index in [1.807, 2.05) is 0 Å². The summed E-state index contributed by atoms with van der Waals surface area (Å²) < 4.78 is 0. The normalized spacial score (nSPS) is 16.7. The Bertz CT molecular complexity index is 482. The molecule has 0 spiro atoms. The minimum atomic E-state index is 0.0102. The molecule has 0 unspecified atom stereocenters. The molecule has 0 radical (unpaired) electrons. The highest BCUT2D eigenvalue weighted by molar-refractivity contribution is 6.42. The molecule has 19 heavy (non-hydrogen) atoms. The molecule has 1 aliphatic carbocycles. The van der Waals surface area contributed by atoms with Crippen molar-refractivity contribution in [1.29, 1.82) is 0 Å². The van der Waals surface area contributed by atoms with Gasteiger partial charge >= 0.3 is 0 Å². The standard InChI is InChI=1S/C14H16Cl2N2O/c15-12-7-6-10(8-13(12)16)9-17-18-14(19)11-4-2-1-3-5-11/h6-9,11H,1-5H2,(H,18,19). The highest BCUT2D eigenvalue weighted by Crippen LogP contribution is 2.23. The molecule has 3 nitrogen and oxygen atoms in total. The molecule has 1 saturated carbocycles. The first-order valence-corrected chi connectivity index (χ1v) is 7.20. The van der Waals surface area contributed by atoms with E-state index >= 15 is 0 Å². The van der Waals surface area contributed by atoms with Crippen molar-refractivity contribution in [2.75, 3.05) is 0 Å². The lowest BCUT2D eigenvalue weighted by atomic mass is 9.89. The van der Waals surface area contributed by atoms with Gasteiger partial charge < -0.3 is 0 Å². The van der Waals surface area contributed by atoms with Gasteiger partial charge in [-0.15, -0.1) is 0 Å². The quantitative estimate of drug-likeness (QED) is 0.664. The number of carbonyl (C=O) groups is 1. The average Bonchev–Trinajstić information content (AvgIpc) is 2.43. The molecule has 5 heteroatoms. The number of halogens is 2. The third-order valence-electron chi connectivity index (χ3n) is 3.31. The number of nitrogens with zero attached hydrogens (tertiary/aromatic N) is 1. The molecule has 0 heterocycles. The third-order valence-corrected chi connectivity index (χ3v) is 4.05. The van der Waals surface area contributed by atoms with Crippen molar-refractivity contribution in [1.82, 2.24) is 5.43 Å². The lowest BCUT2D eigenvalue weighted by Gasteiger charge is -2.19. The van der Waals surface area contributed by atoms with Crippen LogP contribution < -0.4 is 5.43 Å². The zero-order valence-corrected chi connectivity index (χ0v) is 12.0. The average molecular weight is 299 g/mol. The maximum Gasteiger partial charge on any atom is 0.243 e. The predicted molar refractivity (Wildman–Crippen MR) is 78.8 cm³/mol. The zero-order valence-electron chi connectivity index (χ0n) is 10.5.